The molecule has 2 N–H and O–H groups in total. The number of aromatic nitrogens is 1. The summed E-state index contributed by atoms with van der Waals surface area (Å²) < 4.78 is 5.44. The number of rotatable bonds is 9. The number of piperazine rings is 1. The zero-order valence-corrected chi connectivity index (χ0v) is 18.5. The second-order valence-electron chi connectivity index (χ2n) is 7.96. The molecule has 2 aromatic carbocycles. The van der Waals surface area contributed by atoms with Crippen LogP contribution < -0.4 is 15.4 Å². The van der Waals surface area contributed by atoms with Gasteiger partial charge in [0.05, 0.1) is 23.8 Å². The van der Waals surface area contributed by atoms with Gasteiger partial charge in [0.1, 0.15) is 5.75 Å². The van der Waals surface area contributed by atoms with E-state index in [-0.39, 0.29) is 0 Å². The summed E-state index contributed by atoms with van der Waals surface area (Å²) >= 11 is 6.21. The summed E-state index contributed by atoms with van der Waals surface area (Å²) in [6.07, 6.45) is 4.98. The number of halogens is 1. The molecular weight excluding hydrogens is 396 g/mol. The van der Waals surface area contributed by atoms with Crippen molar-refractivity contribution in [3.05, 3.63) is 41.4 Å². The number of anilines is 1. The Morgan fingerprint density at radius 1 is 1.00 bits per heavy atom. The van der Waals surface area contributed by atoms with Gasteiger partial charge in [-0.3, -0.25) is 0 Å². The third-order valence-electron chi connectivity index (χ3n) is 5.86. The van der Waals surface area contributed by atoms with E-state index in [1.54, 1.807) is 7.11 Å². The molecule has 0 bridgehead atoms. The van der Waals surface area contributed by atoms with Crippen LogP contribution in [0.1, 0.15) is 25.7 Å². The zero-order valence-electron chi connectivity index (χ0n) is 17.7. The van der Waals surface area contributed by atoms with Crippen LogP contribution in [0.5, 0.6) is 5.75 Å². The Hall–Kier alpha value is -2.08. The first-order valence-electron chi connectivity index (χ1n) is 11.0. The van der Waals surface area contributed by atoms with Crippen LogP contribution in [0.4, 0.5) is 5.69 Å². The van der Waals surface area contributed by atoms with Crippen molar-refractivity contribution < 1.29 is 4.74 Å². The Bertz CT molecular complexity index is 988. The van der Waals surface area contributed by atoms with Crippen LogP contribution in [0.15, 0.2) is 36.4 Å². The van der Waals surface area contributed by atoms with Gasteiger partial charge in [-0.15, -0.1) is 0 Å². The monoisotopic (exact) mass is 426 g/mol. The second kappa shape index (κ2) is 10.3. The van der Waals surface area contributed by atoms with Gasteiger partial charge in [0.2, 0.25) is 0 Å². The number of ether oxygens (including phenoxy) is 1. The van der Waals surface area contributed by atoms with Crippen LogP contribution in [0.3, 0.4) is 0 Å². The first-order chi connectivity index (χ1) is 14.7. The van der Waals surface area contributed by atoms with Gasteiger partial charge in [0.25, 0.3) is 0 Å². The Balaban J connectivity index is 1.39. The van der Waals surface area contributed by atoms with E-state index in [0.717, 1.165) is 59.3 Å². The number of hydrogen-bond acceptors (Lipinski definition) is 5. The average Bonchev–Trinajstić information content (AvgIpc) is 2.78. The molecule has 0 saturated carbocycles. The van der Waals surface area contributed by atoms with Crippen molar-refractivity contribution in [3.8, 4) is 5.75 Å². The molecular formula is C24H31ClN4O. The molecule has 0 unspecified atom stereocenters. The standard InChI is InChI=1S/C24H31ClN4O/c1-30-19-7-9-22-21(17-19)24(20-8-6-18(25)16-23(20)28-22)27-10-4-2-3-5-13-29-14-11-26-12-15-29/h6-9,16-17,26H,2-5,10-15H2,1H3,(H,27,28). The molecule has 160 valence electrons. The van der Waals surface area contributed by atoms with Crippen LogP contribution in [-0.4, -0.2) is 56.3 Å². The summed E-state index contributed by atoms with van der Waals surface area (Å²) in [6.45, 7) is 6.83. The fourth-order valence-electron chi connectivity index (χ4n) is 4.18. The van der Waals surface area contributed by atoms with Gasteiger partial charge in [0, 0.05) is 48.5 Å². The molecule has 6 heteroatoms. The first kappa shape index (κ1) is 21.2. The SMILES string of the molecule is COc1ccc2nc3cc(Cl)ccc3c(NCCCCCCN3CCNCC3)c2c1. The predicted molar refractivity (Wildman–Crippen MR) is 127 cm³/mol. The first-order valence-corrected chi connectivity index (χ1v) is 11.4. The predicted octanol–water partition coefficient (Wildman–Crippen LogP) is 4.93. The summed E-state index contributed by atoms with van der Waals surface area (Å²) in [5, 5.41) is 9.99. The van der Waals surface area contributed by atoms with Gasteiger partial charge in [0.15, 0.2) is 0 Å². The maximum Gasteiger partial charge on any atom is 0.119 e. The van der Waals surface area contributed by atoms with Crippen LogP contribution >= 0.6 is 11.6 Å². The van der Waals surface area contributed by atoms with Gasteiger partial charge in [-0.25, -0.2) is 4.98 Å². The molecule has 30 heavy (non-hydrogen) atoms. The normalized spacial score (nSPS) is 15.0. The average molecular weight is 427 g/mol. The topological polar surface area (TPSA) is 49.4 Å². The molecule has 1 aromatic heterocycles. The Kier molecular flexibility index (Phi) is 7.26. The van der Waals surface area contributed by atoms with Gasteiger partial charge < -0.3 is 20.3 Å². The van der Waals surface area contributed by atoms with Crippen molar-refractivity contribution >= 4 is 39.1 Å². The molecule has 1 saturated heterocycles. The number of nitrogens with one attached hydrogen (secondary N) is 2. The van der Waals surface area contributed by atoms with Gasteiger partial charge >= 0.3 is 0 Å². The smallest absolute Gasteiger partial charge is 0.119 e. The van der Waals surface area contributed by atoms with Crippen LogP contribution in [0.25, 0.3) is 21.8 Å². The minimum absolute atomic E-state index is 0.707. The Morgan fingerprint density at radius 3 is 2.67 bits per heavy atom. The highest BCUT2D eigenvalue weighted by Crippen LogP contribution is 2.34. The molecule has 1 aliphatic rings. The van der Waals surface area contributed by atoms with E-state index in [2.05, 4.69) is 27.7 Å². The number of unbranched alkanes of at least 4 members (excludes halogenated alkanes) is 3. The quantitative estimate of drug-likeness (QED) is 0.375. The van der Waals surface area contributed by atoms with Gasteiger partial charge in [-0.2, -0.15) is 0 Å². The fourth-order valence-corrected chi connectivity index (χ4v) is 4.34. The summed E-state index contributed by atoms with van der Waals surface area (Å²) in [5.41, 5.74) is 2.98. The van der Waals surface area contributed by atoms with Crippen molar-refractivity contribution in [2.75, 3.05) is 51.7 Å². The lowest BCUT2D eigenvalue weighted by Gasteiger charge is -2.27. The lowest BCUT2D eigenvalue weighted by atomic mass is 10.1. The van der Waals surface area contributed by atoms with Crippen molar-refractivity contribution in [2.24, 2.45) is 0 Å². The summed E-state index contributed by atoms with van der Waals surface area (Å²) in [4.78, 5) is 7.37. The van der Waals surface area contributed by atoms with Crippen molar-refractivity contribution in [2.45, 2.75) is 25.7 Å². The molecule has 0 radical (unpaired) electrons. The van der Waals surface area contributed by atoms with E-state index in [9.17, 15) is 0 Å². The van der Waals surface area contributed by atoms with E-state index in [1.807, 2.05) is 24.3 Å². The lowest BCUT2D eigenvalue weighted by Crippen LogP contribution is -2.43. The van der Waals surface area contributed by atoms with Crippen molar-refractivity contribution in [1.82, 2.24) is 15.2 Å². The molecule has 4 rings (SSSR count). The molecule has 1 fully saturated rings. The lowest BCUT2D eigenvalue weighted by molar-refractivity contribution is 0.236. The number of nitrogens with zero attached hydrogens (tertiary/aromatic N) is 2. The molecule has 0 amide bonds. The van der Waals surface area contributed by atoms with Crippen LogP contribution in [0, 0.1) is 0 Å². The van der Waals surface area contributed by atoms with Crippen LogP contribution in [0.2, 0.25) is 5.02 Å². The zero-order chi connectivity index (χ0) is 20.8. The van der Waals surface area contributed by atoms with E-state index in [4.69, 9.17) is 21.3 Å². The Labute approximate surface area is 183 Å². The highest BCUT2D eigenvalue weighted by Gasteiger charge is 2.11. The second-order valence-corrected chi connectivity index (χ2v) is 8.40. The minimum Gasteiger partial charge on any atom is -0.497 e. The van der Waals surface area contributed by atoms with Gasteiger partial charge in [-0.1, -0.05) is 24.4 Å². The largest absolute Gasteiger partial charge is 0.497 e. The number of benzene rings is 2. The maximum absolute atomic E-state index is 6.21. The summed E-state index contributed by atoms with van der Waals surface area (Å²) in [7, 11) is 1.70. The molecule has 0 spiro atoms. The minimum atomic E-state index is 0.707. The number of methoxy groups -OCH3 is 1. The van der Waals surface area contributed by atoms with Crippen molar-refractivity contribution in [3.63, 3.8) is 0 Å². The van der Waals surface area contributed by atoms with E-state index < -0.39 is 0 Å². The molecule has 2 heterocycles. The summed E-state index contributed by atoms with van der Waals surface area (Å²) in [6, 6.07) is 11.9. The van der Waals surface area contributed by atoms with Crippen LogP contribution in [-0.2, 0) is 0 Å². The maximum atomic E-state index is 6.21. The Morgan fingerprint density at radius 2 is 1.83 bits per heavy atom. The number of hydrogen-bond donors (Lipinski definition) is 2. The molecule has 0 aliphatic carbocycles. The fraction of sp³-hybridized carbons (Fsp3) is 0.458. The molecule has 5 nitrogen and oxygen atoms in total. The molecule has 3 aromatic rings. The molecule has 0 atom stereocenters. The number of pyridine rings is 1. The van der Waals surface area contributed by atoms with E-state index in [0.29, 0.717) is 5.02 Å². The van der Waals surface area contributed by atoms with E-state index in [1.165, 1.54) is 38.9 Å². The van der Waals surface area contributed by atoms with Crippen molar-refractivity contribution in [1.29, 1.82) is 0 Å². The highest BCUT2D eigenvalue weighted by atomic mass is 35.5. The van der Waals surface area contributed by atoms with Gasteiger partial charge in [-0.05, 0) is 55.8 Å². The third kappa shape index (κ3) is 5.15. The highest BCUT2D eigenvalue weighted by molar-refractivity contribution is 6.31. The summed E-state index contributed by atoms with van der Waals surface area (Å²) in [5.74, 6) is 0.841. The van der Waals surface area contributed by atoms with E-state index >= 15 is 0 Å². The third-order valence-corrected chi connectivity index (χ3v) is 6.09. The molecule has 1 aliphatic heterocycles. The number of fused-ring (bicyclic) bond motifs is 2.